The van der Waals surface area contributed by atoms with Gasteiger partial charge in [-0.25, -0.2) is 4.79 Å². The van der Waals surface area contributed by atoms with Crippen molar-refractivity contribution in [2.24, 2.45) is 0 Å². The summed E-state index contributed by atoms with van der Waals surface area (Å²) < 4.78 is 0. The van der Waals surface area contributed by atoms with Gasteiger partial charge in [-0.3, -0.25) is 0 Å². The molecule has 6 heteroatoms. The Morgan fingerprint density at radius 2 is 1.79 bits per heavy atom. The highest BCUT2D eigenvalue weighted by molar-refractivity contribution is 6.38. The van der Waals surface area contributed by atoms with Gasteiger partial charge in [0.1, 0.15) is 0 Å². The number of carboxylic acid groups (broad SMARTS) is 1. The number of anilines is 1. The number of halogens is 2. The minimum absolute atomic E-state index is 0.0988. The summed E-state index contributed by atoms with van der Waals surface area (Å²) in [6.07, 6.45) is -1.65. The Morgan fingerprint density at radius 1 is 1.36 bits per heavy atom. The second-order valence-corrected chi connectivity index (χ2v) is 3.45. The number of hydrogen-bond donors (Lipinski definition) is 3. The van der Waals surface area contributed by atoms with E-state index in [1.807, 2.05) is 0 Å². The van der Waals surface area contributed by atoms with Gasteiger partial charge < -0.3 is 15.9 Å². The zero-order valence-electron chi connectivity index (χ0n) is 6.87. The van der Waals surface area contributed by atoms with Crippen LogP contribution in [0.15, 0.2) is 12.1 Å². The van der Waals surface area contributed by atoms with Crippen molar-refractivity contribution in [1.82, 2.24) is 0 Å². The molecule has 0 fully saturated rings. The van der Waals surface area contributed by atoms with Crippen molar-refractivity contribution in [1.29, 1.82) is 0 Å². The van der Waals surface area contributed by atoms with E-state index >= 15 is 0 Å². The summed E-state index contributed by atoms with van der Waals surface area (Å²) in [6, 6.07) is 2.53. The molecule has 0 aromatic heterocycles. The average Bonchev–Trinajstić information content (AvgIpc) is 2.12. The van der Waals surface area contributed by atoms with Crippen LogP contribution in [0.1, 0.15) is 11.7 Å². The lowest BCUT2D eigenvalue weighted by Crippen LogP contribution is -2.10. The lowest BCUT2D eigenvalue weighted by molar-refractivity contribution is -0.146. The highest BCUT2D eigenvalue weighted by atomic mass is 35.5. The smallest absolute Gasteiger partial charge is 0.337 e. The molecule has 0 radical (unpaired) electrons. The van der Waals surface area contributed by atoms with Crippen LogP contribution in [0, 0.1) is 0 Å². The van der Waals surface area contributed by atoms with E-state index in [0.29, 0.717) is 0 Å². The summed E-state index contributed by atoms with van der Waals surface area (Å²) in [5, 5.41) is 17.9. The zero-order chi connectivity index (χ0) is 10.9. The fourth-order valence-corrected chi connectivity index (χ4v) is 1.41. The molecule has 14 heavy (non-hydrogen) atoms. The van der Waals surface area contributed by atoms with E-state index in [4.69, 9.17) is 34.0 Å². The van der Waals surface area contributed by atoms with Crippen molar-refractivity contribution in [3.05, 3.63) is 27.7 Å². The summed E-state index contributed by atoms with van der Waals surface area (Å²) in [6.45, 7) is 0. The molecule has 0 aliphatic rings. The van der Waals surface area contributed by atoms with Crippen LogP contribution in [0.2, 0.25) is 10.0 Å². The summed E-state index contributed by atoms with van der Waals surface area (Å²) >= 11 is 11.3. The molecule has 0 bridgehead atoms. The number of hydrogen-bond acceptors (Lipinski definition) is 3. The van der Waals surface area contributed by atoms with Gasteiger partial charge in [-0.1, -0.05) is 23.2 Å². The average molecular weight is 236 g/mol. The first kappa shape index (κ1) is 11.1. The molecular formula is C8H7Cl2NO3. The molecule has 0 saturated carbocycles. The highest BCUT2D eigenvalue weighted by Gasteiger charge is 2.18. The molecule has 0 amide bonds. The first-order valence-electron chi connectivity index (χ1n) is 3.58. The number of aliphatic carboxylic acids is 1. The Bertz CT molecular complexity index is 358. The van der Waals surface area contributed by atoms with Crippen molar-refractivity contribution in [2.75, 3.05) is 5.73 Å². The van der Waals surface area contributed by atoms with Gasteiger partial charge in [-0.05, 0) is 17.7 Å². The van der Waals surface area contributed by atoms with Crippen molar-refractivity contribution >= 4 is 34.9 Å². The minimum Gasteiger partial charge on any atom is -0.479 e. The van der Waals surface area contributed by atoms with Crippen LogP contribution >= 0.6 is 23.2 Å². The monoisotopic (exact) mass is 235 g/mol. The number of nitrogen functional groups attached to an aromatic ring is 1. The number of carbonyl (C=O) groups is 1. The first-order chi connectivity index (χ1) is 6.43. The van der Waals surface area contributed by atoms with Crippen LogP contribution in [0.25, 0.3) is 0 Å². The van der Waals surface area contributed by atoms with Crippen LogP contribution < -0.4 is 5.73 Å². The molecular weight excluding hydrogens is 229 g/mol. The third-order valence-corrected chi connectivity index (χ3v) is 2.28. The Balaban J connectivity index is 3.19. The summed E-state index contributed by atoms with van der Waals surface area (Å²) in [5.74, 6) is -1.37. The highest BCUT2D eigenvalue weighted by Crippen LogP contribution is 2.31. The van der Waals surface area contributed by atoms with E-state index in [9.17, 15) is 9.90 Å². The summed E-state index contributed by atoms with van der Waals surface area (Å²) in [5.41, 5.74) is 5.69. The van der Waals surface area contributed by atoms with Gasteiger partial charge in [0.2, 0.25) is 0 Å². The lowest BCUT2D eigenvalue weighted by Gasteiger charge is -2.08. The Labute approximate surface area is 89.9 Å². The molecule has 4 nitrogen and oxygen atoms in total. The molecule has 1 rings (SSSR count). The van der Waals surface area contributed by atoms with Crippen molar-refractivity contribution < 1.29 is 15.0 Å². The largest absolute Gasteiger partial charge is 0.479 e. The topological polar surface area (TPSA) is 83.5 Å². The van der Waals surface area contributed by atoms with Gasteiger partial charge in [-0.2, -0.15) is 0 Å². The third-order valence-electron chi connectivity index (χ3n) is 1.65. The predicted octanol–water partition coefficient (Wildman–Crippen LogP) is 1.69. The summed E-state index contributed by atoms with van der Waals surface area (Å²) in [7, 11) is 0. The number of rotatable bonds is 2. The van der Waals surface area contributed by atoms with Crippen LogP contribution in [0.4, 0.5) is 5.69 Å². The van der Waals surface area contributed by atoms with Crippen LogP contribution in [-0.2, 0) is 4.79 Å². The molecule has 4 N–H and O–H groups in total. The Morgan fingerprint density at radius 3 is 2.14 bits per heavy atom. The van der Waals surface area contributed by atoms with Crippen molar-refractivity contribution in [3.63, 3.8) is 0 Å². The molecule has 0 heterocycles. The second kappa shape index (κ2) is 4.04. The van der Waals surface area contributed by atoms with Gasteiger partial charge in [0.05, 0.1) is 15.7 Å². The number of nitrogens with two attached hydrogens (primary N) is 1. The zero-order valence-corrected chi connectivity index (χ0v) is 8.38. The summed E-state index contributed by atoms with van der Waals surface area (Å²) in [4.78, 5) is 10.4. The maximum Gasteiger partial charge on any atom is 0.337 e. The molecule has 1 unspecified atom stereocenters. The molecule has 0 spiro atoms. The van der Waals surface area contributed by atoms with E-state index in [2.05, 4.69) is 0 Å². The van der Waals surface area contributed by atoms with Gasteiger partial charge in [0.15, 0.2) is 6.10 Å². The maximum absolute atomic E-state index is 10.4. The van der Waals surface area contributed by atoms with E-state index in [1.165, 1.54) is 12.1 Å². The normalized spacial score (nSPS) is 12.5. The molecule has 76 valence electrons. The van der Waals surface area contributed by atoms with E-state index in [-0.39, 0.29) is 21.3 Å². The number of carboxylic acids is 1. The quantitative estimate of drug-likeness (QED) is 0.682. The molecule has 0 aliphatic heterocycles. The van der Waals surface area contributed by atoms with Gasteiger partial charge in [-0.15, -0.1) is 0 Å². The van der Waals surface area contributed by atoms with E-state index in [1.54, 1.807) is 0 Å². The predicted molar refractivity (Wildman–Crippen MR) is 53.5 cm³/mol. The number of aliphatic hydroxyl groups is 1. The van der Waals surface area contributed by atoms with Crippen molar-refractivity contribution in [2.45, 2.75) is 6.10 Å². The SMILES string of the molecule is Nc1c(Cl)cc(C(O)C(=O)O)cc1Cl. The fraction of sp³-hybridized carbons (Fsp3) is 0.125. The molecule has 1 aromatic carbocycles. The van der Waals surface area contributed by atoms with Crippen molar-refractivity contribution in [3.8, 4) is 0 Å². The molecule has 0 saturated heterocycles. The van der Waals surface area contributed by atoms with Gasteiger partial charge in [0, 0.05) is 0 Å². The number of benzene rings is 1. The van der Waals surface area contributed by atoms with Crippen LogP contribution in [0.5, 0.6) is 0 Å². The van der Waals surface area contributed by atoms with Crippen LogP contribution in [-0.4, -0.2) is 16.2 Å². The van der Waals surface area contributed by atoms with Gasteiger partial charge >= 0.3 is 5.97 Å². The van der Waals surface area contributed by atoms with E-state index < -0.39 is 12.1 Å². The van der Waals surface area contributed by atoms with Gasteiger partial charge in [0.25, 0.3) is 0 Å². The van der Waals surface area contributed by atoms with Crippen LogP contribution in [0.3, 0.4) is 0 Å². The Kier molecular flexibility index (Phi) is 3.21. The second-order valence-electron chi connectivity index (χ2n) is 2.64. The number of aliphatic hydroxyl groups excluding tert-OH is 1. The molecule has 0 aliphatic carbocycles. The minimum atomic E-state index is -1.65. The first-order valence-corrected chi connectivity index (χ1v) is 4.34. The third kappa shape index (κ3) is 2.09. The van der Waals surface area contributed by atoms with E-state index in [0.717, 1.165) is 0 Å². The molecule has 1 atom stereocenters. The maximum atomic E-state index is 10.4. The fourth-order valence-electron chi connectivity index (χ4n) is 0.904. The molecule has 1 aromatic rings. The standard InChI is InChI=1S/C8H7Cl2NO3/c9-4-1-3(7(12)8(13)14)2-5(10)6(4)11/h1-2,7,12H,11H2,(H,13,14). The lowest BCUT2D eigenvalue weighted by atomic mass is 10.1. The Hall–Kier alpha value is -0.970.